The van der Waals surface area contributed by atoms with Crippen LogP contribution in [0.25, 0.3) is 11.1 Å². The highest BCUT2D eigenvalue weighted by Crippen LogP contribution is 2.34. The molecule has 4 bridgehead atoms. The first-order valence-corrected chi connectivity index (χ1v) is 13.7. The molecule has 1 aliphatic heterocycles. The average Bonchev–Trinajstić information content (AvgIpc) is 2.83. The lowest BCUT2D eigenvalue weighted by Crippen LogP contribution is -2.10. The number of carbonyl (C=O) groups excluding carboxylic acids is 1. The molecule has 3 heterocycles. The Hall–Kier alpha value is -3.80. The van der Waals surface area contributed by atoms with Gasteiger partial charge in [0.1, 0.15) is 29.0 Å². The van der Waals surface area contributed by atoms with Crippen LogP contribution >= 0.6 is 0 Å². The zero-order valence-corrected chi connectivity index (χ0v) is 21.1. The number of nitrogens with one attached hydrogen (secondary N) is 1. The van der Waals surface area contributed by atoms with Gasteiger partial charge in [-0.15, -0.1) is 4.36 Å². The summed E-state index contributed by atoms with van der Waals surface area (Å²) in [7, 11) is -2.97. The molecule has 9 nitrogen and oxygen atoms in total. The number of amides is 1. The number of carbonyl (C=O) groups is 1. The summed E-state index contributed by atoms with van der Waals surface area (Å²) in [5.74, 6) is -0.194. The molecule has 0 saturated heterocycles. The molecule has 3 aromatic rings. The van der Waals surface area contributed by atoms with Gasteiger partial charge in [0.05, 0.1) is 41.5 Å². The Morgan fingerprint density at radius 1 is 1.14 bits per heavy atom. The minimum atomic E-state index is -2.97. The Morgan fingerprint density at radius 2 is 1.95 bits per heavy atom. The molecular formula is C25H26F2N4O5S. The first-order chi connectivity index (χ1) is 17.7. The van der Waals surface area contributed by atoms with Crippen LogP contribution in [-0.2, 0) is 20.2 Å². The number of pyridine rings is 2. The summed E-state index contributed by atoms with van der Waals surface area (Å²) in [6.45, 7) is 2.43. The zero-order chi connectivity index (χ0) is 26.4. The van der Waals surface area contributed by atoms with Crippen LogP contribution in [0.5, 0.6) is 11.6 Å². The van der Waals surface area contributed by atoms with E-state index in [1.54, 1.807) is 12.1 Å². The molecule has 0 spiro atoms. The molecule has 0 saturated carbocycles. The van der Waals surface area contributed by atoms with Gasteiger partial charge in [0.2, 0.25) is 5.88 Å². The van der Waals surface area contributed by atoms with Crippen molar-refractivity contribution in [3.05, 3.63) is 59.8 Å². The Kier molecular flexibility index (Phi) is 8.17. The van der Waals surface area contributed by atoms with E-state index in [4.69, 9.17) is 14.2 Å². The van der Waals surface area contributed by atoms with Gasteiger partial charge in [-0.3, -0.25) is 0 Å². The van der Waals surface area contributed by atoms with Crippen molar-refractivity contribution in [1.82, 2.24) is 9.97 Å². The smallest absolute Gasteiger partial charge is 0.441 e. The molecule has 1 aliphatic rings. The minimum absolute atomic E-state index is 0.0636. The van der Waals surface area contributed by atoms with Crippen molar-refractivity contribution in [2.75, 3.05) is 31.4 Å². The number of benzene rings is 1. The predicted molar refractivity (Wildman–Crippen MR) is 135 cm³/mol. The lowest BCUT2D eigenvalue weighted by atomic mass is 10.0. The predicted octanol–water partition coefficient (Wildman–Crippen LogP) is 5.47. The molecule has 37 heavy (non-hydrogen) atoms. The Bertz CT molecular complexity index is 1430. The fourth-order valence-corrected chi connectivity index (χ4v) is 4.81. The lowest BCUT2D eigenvalue weighted by Gasteiger charge is -2.16. The van der Waals surface area contributed by atoms with Crippen LogP contribution in [0.2, 0.25) is 0 Å². The number of hydrogen-bond donors (Lipinski definition) is 1. The summed E-state index contributed by atoms with van der Waals surface area (Å²) < 4.78 is 61.8. The third-order valence-electron chi connectivity index (χ3n) is 5.13. The molecule has 0 fully saturated rings. The summed E-state index contributed by atoms with van der Waals surface area (Å²) >= 11 is 0. The number of anilines is 2. The molecular weight excluding hydrogens is 506 g/mol. The van der Waals surface area contributed by atoms with E-state index in [0.717, 1.165) is 6.20 Å². The van der Waals surface area contributed by atoms with Crippen LogP contribution in [0, 0.1) is 11.6 Å². The van der Waals surface area contributed by atoms with Gasteiger partial charge < -0.3 is 19.5 Å². The van der Waals surface area contributed by atoms with Gasteiger partial charge in [0.15, 0.2) is 0 Å². The minimum Gasteiger partial charge on any atom is -0.493 e. The number of rotatable bonds is 4. The number of hydrogen-bond acceptors (Lipinski definition) is 8. The second-order valence-electron chi connectivity index (χ2n) is 8.37. The van der Waals surface area contributed by atoms with Crippen LogP contribution in [0.15, 0.2) is 47.0 Å². The van der Waals surface area contributed by atoms with Gasteiger partial charge in [0, 0.05) is 35.9 Å². The third kappa shape index (κ3) is 7.13. The van der Waals surface area contributed by atoms with Gasteiger partial charge in [-0.1, -0.05) is 6.92 Å². The van der Waals surface area contributed by atoms with Gasteiger partial charge in [-0.2, -0.15) is 4.98 Å². The van der Waals surface area contributed by atoms with E-state index >= 15 is 0 Å². The standard InChI is InChI=1S/C25H26F2N4O5S/c1-3-7-36-25(32)31-37(2,33)15-16-10-23-29-22-13-19(20(27)14-28-22)18-6-5-17(26)12-21(18)34-8-4-9-35-24(11-16)30-23/h5-6,10-14H,3-4,7-9,15H2,1-2H3,(H,28,29,30). The van der Waals surface area contributed by atoms with Crippen molar-refractivity contribution in [3.8, 4) is 22.8 Å². The first-order valence-electron chi connectivity index (χ1n) is 11.6. The maximum Gasteiger partial charge on any atom is 0.441 e. The summed E-state index contributed by atoms with van der Waals surface area (Å²) in [6.07, 6.45) is 2.58. The summed E-state index contributed by atoms with van der Waals surface area (Å²) in [4.78, 5) is 20.4. The van der Waals surface area contributed by atoms with E-state index in [-0.39, 0.29) is 48.6 Å². The molecule has 1 amide bonds. The summed E-state index contributed by atoms with van der Waals surface area (Å²) in [5.41, 5.74) is 1.07. The molecule has 1 aromatic carbocycles. The highest BCUT2D eigenvalue weighted by molar-refractivity contribution is 7.92. The highest BCUT2D eigenvalue weighted by atomic mass is 32.2. The molecule has 196 valence electrons. The van der Waals surface area contributed by atoms with Crippen LogP contribution in [0.4, 0.5) is 25.2 Å². The SMILES string of the molecule is CCCOC(=O)N=S(C)(=O)Cc1cc2nc(c1)OCCCOc1cc(F)ccc1-c1cc(ncc1F)N2. The molecule has 4 rings (SSSR count). The van der Waals surface area contributed by atoms with E-state index in [1.807, 2.05) is 6.92 Å². The molecule has 12 heteroatoms. The second-order valence-corrected chi connectivity index (χ2v) is 10.8. The van der Waals surface area contributed by atoms with Gasteiger partial charge in [0.25, 0.3) is 0 Å². The van der Waals surface area contributed by atoms with Crippen LogP contribution < -0.4 is 14.8 Å². The van der Waals surface area contributed by atoms with E-state index in [9.17, 15) is 17.8 Å². The molecule has 0 radical (unpaired) electrons. The van der Waals surface area contributed by atoms with Crippen LogP contribution in [0.3, 0.4) is 0 Å². The van der Waals surface area contributed by atoms with Gasteiger partial charge in [-0.25, -0.2) is 22.8 Å². The van der Waals surface area contributed by atoms with Crippen LogP contribution in [-0.4, -0.2) is 46.3 Å². The number of ether oxygens (including phenoxy) is 3. The van der Waals surface area contributed by atoms with Crippen molar-refractivity contribution < 1.29 is 32.0 Å². The first kappa shape index (κ1) is 26.3. The van der Waals surface area contributed by atoms with Crippen molar-refractivity contribution >= 4 is 27.5 Å². The number of fused-ring (bicyclic) bond motifs is 6. The summed E-state index contributed by atoms with van der Waals surface area (Å²) in [6, 6.07) is 8.55. The number of nitrogens with zero attached hydrogens (tertiary/aromatic N) is 3. The van der Waals surface area contributed by atoms with Crippen LogP contribution in [0.1, 0.15) is 25.3 Å². The quantitative estimate of drug-likeness (QED) is 0.471. The molecule has 1 N–H and O–H groups in total. The summed E-state index contributed by atoms with van der Waals surface area (Å²) in [5, 5.41) is 3.00. The second kappa shape index (κ2) is 11.5. The maximum atomic E-state index is 14.7. The van der Waals surface area contributed by atoms with Crippen molar-refractivity contribution in [3.63, 3.8) is 0 Å². The van der Waals surface area contributed by atoms with E-state index in [1.165, 1.54) is 30.5 Å². The molecule has 2 aromatic heterocycles. The van der Waals surface area contributed by atoms with Gasteiger partial charge in [-0.05, 0) is 36.2 Å². The molecule has 1 unspecified atom stereocenters. The zero-order valence-electron chi connectivity index (χ0n) is 20.3. The lowest BCUT2D eigenvalue weighted by molar-refractivity contribution is 0.158. The Balaban J connectivity index is 1.70. The Morgan fingerprint density at radius 3 is 2.76 bits per heavy atom. The number of aromatic nitrogens is 2. The Labute approximate surface area is 213 Å². The van der Waals surface area contributed by atoms with E-state index in [2.05, 4.69) is 19.6 Å². The fraction of sp³-hybridized carbons (Fsp3) is 0.320. The van der Waals surface area contributed by atoms with Crippen molar-refractivity contribution in [1.29, 1.82) is 0 Å². The largest absolute Gasteiger partial charge is 0.493 e. The normalized spacial score (nSPS) is 14.5. The van der Waals surface area contributed by atoms with E-state index < -0.39 is 27.5 Å². The topological polar surface area (TPSA) is 112 Å². The fourth-order valence-electron chi connectivity index (χ4n) is 3.60. The third-order valence-corrected chi connectivity index (χ3v) is 6.54. The molecule has 0 aliphatic carbocycles. The number of halogens is 2. The van der Waals surface area contributed by atoms with Crippen molar-refractivity contribution in [2.45, 2.75) is 25.5 Å². The van der Waals surface area contributed by atoms with Gasteiger partial charge >= 0.3 is 6.09 Å². The van der Waals surface area contributed by atoms with E-state index in [0.29, 0.717) is 29.8 Å². The average molecular weight is 533 g/mol. The highest BCUT2D eigenvalue weighted by Gasteiger charge is 2.17. The van der Waals surface area contributed by atoms with Crippen molar-refractivity contribution in [2.24, 2.45) is 4.36 Å². The molecule has 1 atom stereocenters. The maximum absolute atomic E-state index is 14.7. The monoisotopic (exact) mass is 532 g/mol.